The van der Waals surface area contributed by atoms with Gasteiger partial charge >= 0.3 is 0 Å². The number of H-pyrrole nitrogens is 1. The van der Waals surface area contributed by atoms with Crippen molar-refractivity contribution >= 4 is 16.7 Å². The molecule has 1 aromatic heterocycles. The molecule has 0 saturated heterocycles. The molecule has 0 radical (unpaired) electrons. The second-order valence-electron chi connectivity index (χ2n) is 8.31. The van der Waals surface area contributed by atoms with Crippen molar-refractivity contribution in [2.75, 3.05) is 13.6 Å². The first-order valence-electron chi connectivity index (χ1n) is 10.9. The topological polar surface area (TPSA) is 74.4 Å². The van der Waals surface area contributed by atoms with Gasteiger partial charge in [-0.05, 0) is 47.9 Å². The summed E-state index contributed by atoms with van der Waals surface area (Å²) in [7, 11) is 1.60. The number of fused-ring (bicyclic) bond motifs is 3. The minimum Gasteiger partial charge on any atom is -0.457 e. The fourth-order valence-electron chi connectivity index (χ4n) is 4.38. The van der Waals surface area contributed by atoms with Crippen LogP contribution in [0.3, 0.4) is 0 Å². The third-order valence-electron chi connectivity index (χ3n) is 6.06. The van der Waals surface area contributed by atoms with E-state index in [1.54, 1.807) is 37.4 Å². The molecule has 0 spiro atoms. The van der Waals surface area contributed by atoms with E-state index in [-0.39, 0.29) is 22.4 Å². The summed E-state index contributed by atoms with van der Waals surface area (Å²) in [5.41, 5.74) is 0.851. The van der Waals surface area contributed by atoms with Crippen molar-refractivity contribution in [3.8, 4) is 11.5 Å². The monoisotopic (exact) mass is 479 g/mol. The molecular formula is C26H20F3N3O3. The van der Waals surface area contributed by atoms with Gasteiger partial charge in [0.05, 0.1) is 11.4 Å². The number of nitrogens with one attached hydrogen (secondary N) is 2. The van der Waals surface area contributed by atoms with Crippen LogP contribution in [0, 0.1) is 17.5 Å². The van der Waals surface area contributed by atoms with Crippen LogP contribution in [0.25, 0.3) is 10.8 Å². The Bertz CT molecular complexity index is 1520. The van der Waals surface area contributed by atoms with Gasteiger partial charge < -0.3 is 19.9 Å². The summed E-state index contributed by atoms with van der Waals surface area (Å²) in [6, 6.07) is 13.4. The van der Waals surface area contributed by atoms with Crippen LogP contribution in [0.1, 0.15) is 27.7 Å². The van der Waals surface area contributed by atoms with Gasteiger partial charge in [0.2, 0.25) is 0 Å². The number of benzene rings is 3. The highest BCUT2D eigenvalue weighted by Gasteiger charge is 2.31. The summed E-state index contributed by atoms with van der Waals surface area (Å²) in [5, 5.41) is 3.43. The van der Waals surface area contributed by atoms with E-state index in [1.165, 1.54) is 23.1 Å². The lowest BCUT2D eigenvalue weighted by Crippen LogP contribution is -2.42. The molecule has 3 aromatic carbocycles. The number of nitrogens with zero attached hydrogens (tertiary/aromatic N) is 1. The average molecular weight is 479 g/mol. The zero-order chi connectivity index (χ0) is 24.7. The van der Waals surface area contributed by atoms with Crippen molar-refractivity contribution in [2.45, 2.75) is 12.6 Å². The van der Waals surface area contributed by atoms with Gasteiger partial charge in [0.15, 0.2) is 11.6 Å². The summed E-state index contributed by atoms with van der Waals surface area (Å²) in [5.74, 6) is -2.34. The normalized spacial score (nSPS) is 15.0. The molecule has 5 rings (SSSR count). The number of amides is 1. The van der Waals surface area contributed by atoms with E-state index in [0.717, 1.165) is 12.1 Å². The van der Waals surface area contributed by atoms with E-state index < -0.39 is 29.1 Å². The molecule has 1 aliphatic heterocycles. The number of likely N-dealkylation sites (N-methyl/N-ethyl adjacent to an activating group) is 1. The summed E-state index contributed by atoms with van der Waals surface area (Å²) in [6.07, 6.45) is 0. The quantitative estimate of drug-likeness (QED) is 0.447. The second kappa shape index (κ2) is 8.92. The van der Waals surface area contributed by atoms with Crippen LogP contribution < -0.4 is 15.6 Å². The predicted molar refractivity (Wildman–Crippen MR) is 124 cm³/mol. The average Bonchev–Trinajstić information content (AvgIpc) is 2.84. The molecule has 2 heterocycles. The molecular weight excluding hydrogens is 459 g/mol. The molecule has 1 amide bonds. The first-order chi connectivity index (χ1) is 16.8. The number of carbonyl (C=O) groups excluding carboxylic acids is 1. The number of aromatic nitrogens is 1. The number of hydrogen-bond donors (Lipinski definition) is 2. The Morgan fingerprint density at radius 1 is 0.971 bits per heavy atom. The lowest BCUT2D eigenvalue weighted by molar-refractivity contribution is 0.0723. The van der Waals surface area contributed by atoms with E-state index in [2.05, 4.69) is 10.3 Å². The van der Waals surface area contributed by atoms with Gasteiger partial charge in [0, 0.05) is 43.0 Å². The van der Waals surface area contributed by atoms with Crippen molar-refractivity contribution in [3.63, 3.8) is 0 Å². The Balaban J connectivity index is 1.50. The van der Waals surface area contributed by atoms with Gasteiger partial charge in [-0.15, -0.1) is 0 Å². The molecule has 1 atom stereocenters. The largest absolute Gasteiger partial charge is 0.457 e. The van der Waals surface area contributed by atoms with E-state index in [1.807, 2.05) is 0 Å². The molecule has 35 heavy (non-hydrogen) atoms. The zero-order valence-corrected chi connectivity index (χ0v) is 18.6. The fraction of sp³-hybridized carbons (Fsp3) is 0.154. The molecule has 9 heteroatoms. The number of hydrogen-bond acceptors (Lipinski definition) is 4. The Labute approximate surface area is 198 Å². The van der Waals surface area contributed by atoms with Crippen molar-refractivity contribution in [1.82, 2.24) is 15.2 Å². The van der Waals surface area contributed by atoms with Gasteiger partial charge in [-0.2, -0.15) is 0 Å². The van der Waals surface area contributed by atoms with Crippen molar-refractivity contribution in [1.29, 1.82) is 0 Å². The van der Waals surface area contributed by atoms with E-state index in [4.69, 9.17) is 4.74 Å². The van der Waals surface area contributed by atoms with Crippen LogP contribution >= 0.6 is 0 Å². The van der Waals surface area contributed by atoms with E-state index >= 15 is 0 Å². The molecule has 0 aliphatic carbocycles. The Kier molecular flexibility index (Phi) is 5.78. The lowest BCUT2D eigenvalue weighted by Gasteiger charge is -2.34. The number of ether oxygens (including phenoxy) is 1. The number of aromatic amines is 1. The molecule has 178 valence electrons. The Morgan fingerprint density at radius 3 is 2.40 bits per heavy atom. The van der Waals surface area contributed by atoms with Crippen LogP contribution in [0.5, 0.6) is 11.5 Å². The first-order valence-corrected chi connectivity index (χ1v) is 10.9. The predicted octanol–water partition coefficient (Wildman–Crippen LogP) is 4.65. The molecule has 4 aromatic rings. The highest BCUT2D eigenvalue weighted by atomic mass is 19.2. The second-order valence-corrected chi connectivity index (χ2v) is 8.31. The SMILES string of the molecule is CN(C(=O)c1cccc(Oc2cccc(F)c2)c1)C1CNCc2[nH]c(=O)c3cc(F)c(F)cc3c21. The lowest BCUT2D eigenvalue weighted by atomic mass is 9.93. The maximum absolute atomic E-state index is 14.1. The van der Waals surface area contributed by atoms with Crippen molar-refractivity contribution < 1.29 is 22.7 Å². The minimum absolute atomic E-state index is 0.0147. The fourth-order valence-corrected chi connectivity index (χ4v) is 4.38. The standard InChI is InChI=1S/C26H20F3N3O3/c1-32(26(34)14-4-2-6-16(8-14)35-17-7-3-5-15(27)9-17)23-13-30-12-22-24(23)18-10-20(28)21(29)11-19(18)25(33)31-22/h2-11,23,30H,12-13H2,1H3,(H,31,33). The van der Waals surface area contributed by atoms with Crippen LogP contribution in [0.4, 0.5) is 13.2 Å². The van der Waals surface area contributed by atoms with Crippen LogP contribution in [0.2, 0.25) is 0 Å². The maximum atomic E-state index is 14.1. The number of halogens is 3. The smallest absolute Gasteiger partial charge is 0.256 e. The third kappa shape index (κ3) is 4.26. The van der Waals surface area contributed by atoms with Gasteiger partial charge in [0.25, 0.3) is 11.5 Å². The van der Waals surface area contributed by atoms with Crippen molar-refractivity contribution in [2.24, 2.45) is 0 Å². The molecule has 0 saturated carbocycles. The van der Waals surface area contributed by atoms with Crippen LogP contribution in [-0.4, -0.2) is 29.4 Å². The molecule has 6 nitrogen and oxygen atoms in total. The summed E-state index contributed by atoms with van der Waals surface area (Å²) in [4.78, 5) is 30.1. The Hall–Kier alpha value is -4.11. The first kappa shape index (κ1) is 22.7. The highest BCUT2D eigenvalue weighted by Crippen LogP contribution is 2.33. The molecule has 1 unspecified atom stereocenters. The Morgan fingerprint density at radius 2 is 1.66 bits per heavy atom. The van der Waals surface area contributed by atoms with Crippen molar-refractivity contribution in [3.05, 3.63) is 105 Å². The molecule has 0 fully saturated rings. The molecule has 2 N–H and O–H groups in total. The summed E-state index contributed by atoms with van der Waals surface area (Å²) >= 11 is 0. The van der Waals surface area contributed by atoms with Crippen LogP contribution in [0.15, 0.2) is 65.5 Å². The van der Waals surface area contributed by atoms with Gasteiger partial charge in [-0.1, -0.05) is 12.1 Å². The minimum atomic E-state index is -1.12. The number of rotatable bonds is 4. The van der Waals surface area contributed by atoms with E-state index in [9.17, 15) is 22.8 Å². The van der Waals surface area contributed by atoms with Gasteiger partial charge in [-0.25, -0.2) is 13.2 Å². The molecule has 1 aliphatic rings. The third-order valence-corrected chi connectivity index (χ3v) is 6.06. The van der Waals surface area contributed by atoms with Gasteiger partial charge in [-0.3, -0.25) is 9.59 Å². The summed E-state index contributed by atoms with van der Waals surface area (Å²) in [6.45, 7) is 0.657. The highest BCUT2D eigenvalue weighted by molar-refractivity contribution is 5.95. The summed E-state index contributed by atoms with van der Waals surface area (Å²) < 4.78 is 47.1. The maximum Gasteiger partial charge on any atom is 0.256 e. The van der Waals surface area contributed by atoms with E-state index in [0.29, 0.717) is 35.7 Å². The number of pyridine rings is 1. The number of carbonyl (C=O) groups is 1. The zero-order valence-electron chi connectivity index (χ0n) is 18.6. The van der Waals surface area contributed by atoms with Gasteiger partial charge in [0.1, 0.15) is 17.3 Å². The van der Waals surface area contributed by atoms with Crippen LogP contribution in [-0.2, 0) is 6.54 Å². The molecule has 0 bridgehead atoms.